The van der Waals surface area contributed by atoms with Crippen LogP contribution in [0.25, 0.3) is 56.4 Å². The topological polar surface area (TPSA) is 8.17 Å². The van der Waals surface area contributed by atoms with E-state index in [1.807, 2.05) is 0 Å². The summed E-state index contributed by atoms with van der Waals surface area (Å²) in [5.41, 5.74) is 10.9. The van der Waals surface area contributed by atoms with Crippen molar-refractivity contribution in [3.63, 3.8) is 0 Å². The zero-order valence-corrected chi connectivity index (χ0v) is 29.4. The van der Waals surface area contributed by atoms with Gasteiger partial charge in [0, 0.05) is 43.8 Å². The van der Waals surface area contributed by atoms with Gasteiger partial charge in [-0.1, -0.05) is 142 Å². The SMILES string of the molecule is C=c1/c(=C\C=C/C)c2ccc(N(c3ccc4c(c3)C(C)(C)C3=C4C=CCC=C3)c3cc4ccccc4c4ccccc34)cc2n1-c1ccccc1. The zero-order chi connectivity index (χ0) is 34.7. The Bertz CT molecular complexity index is 2770. The number of allylic oxidation sites excluding steroid dienone is 8. The maximum Gasteiger partial charge on any atom is 0.0561 e. The molecule has 2 heteroatoms. The summed E-state index contributed by atoms with van der Waals surface area (Å²) in [6.45, 7) is 11.4. The molecule has 0 atom stereocenters. The summed E-state index contributed by atoms with van der Waals surface area (Å²) in [6.07, 6.45) is 16.6. The van der Waals surface area contributed by atoms with Crippen LogP contribution in [0.15, 0.2) is 163 Å². The first kappa shape index (κ1) is 30.9. The second kappa shape index (κ2) is 12.0. The number of rotatable bonds is 5. The fraction of sp³-hybridized carbons (Fsp3) is 0.102. The Morgan fingerprint density at radius 1 is 0.706 bits per heavy atom. The molecule has 1 aromatic heterocycles. The first-order valence-electron chi connectivity index (χ1n) is 17.9. The standard InChI is InChI=1S/C49H40N2/c1-5-6-20-38-33(2)50(35-18-9-7-10-19-35)48-32-37(27-29-44(38)48)51(47-30-34-17-13-14-21-39(34)40-22-15-16-24-43(40)47)36-26-28-42-41-23-11-8-12-25-45(41)49(3,4)46(42)31-36/h5-7,9-32H,2,8H2,1,3-4H3/b6-5-,38-20+. The van der Waals surface area contributed by atoms with E-state index >= 15 is 0 Å². The highest BCUT2D eigenvalue weighted by Crippen LogP contribution is 2.51. The lowest BCUT2D eigenvalue weighted by Gasteiger charge is -2.30. The van der Waals surface area contributed by atoms with Gasteiger partial charge in [0.15, 0.2) is 0 Å². The van der Waals surface area contributed by atoms with Crippen LogP contribution in [-0.2, 0) is 5.41 Å². The van der Waals surface area contributed by atoms with Gasteiger partial charge >= 0.3 is 0 Å². The molecule has 9 rings (SSSR count). The van der Waals surface area contributed by atoms with Gasteiger partial charge in [0.1, 0.15) is 0 Å². The lowest BCUT2D eigenvalue weighted by Crippen LogP contribution is -2.26. The number of benzene rings is 6. The molecule has 246 valence electrons. The fourth-order valence-electron chi connectivity index (χ4n) is 8.37. The van der Waals surface area contributed by atoms with E-state index in [9.17, 15) is 0 Å². The van der Waals surface area contributed by atoms with E-state index in [1.54, 1.807) is 0 Å². The first-order chi connectivity index (χ1) is 25.0. The lowest BCUT2D eigenvalue weighted by atomic mass is 9.80. The number of hydrogen-bond acceptors (Lipinski definition) is 1. The van der Waals surface area contributed by atoms with Gasteiger partial charge in [-0.05, 0) is 94.2 Å². The van der Waals surface area contributed by atoms with Crippen molar-refractivity contribution in [3.8, 4) is 5.69 Å². The number of anilines is 3. The molecule has 0 radical (unpaired) electrons. The molecule has 0 fully saturated rings. The Balaban J connectivity index is 1.35. The molecule has 0 aliphatic heterocycles. The second-order valence-electron chi connectivity index (χ2n) is 14.1. The summed E-state index contributed by atoms with van der Waals surface area (Å²) in [7, 11) is 0. The average Bonchev–Trinajstić information content (AvgIpc) is 3.38. The summed E-state index contributed by atoms with van der Waals surface area (Å²) < 4.78 is 2.30. The van der Waals surface area contributed by atoms with E-state index in [4.69, 9.17) is 0 Å². The number of aromatic nitrogens is 1. The van der Waals surface area contributed by atoms with Crippen LogP contribution in [0.5, 0.6) is 0 Å². The quantitative estimate of drug-likeness (QED) is 0.167. The summed E-state index contributed by atoms with van der Waals surface area (Å²) in [5, 5.41) is 8.23. The van der Waals surface area contributed by atoms with Crippen LogP contribution in [0.1, 0.15) is 38.3 Å². The number of nitrogens with zero attached hydrogens (tertiary/aromatic N) is 2. The lowest BCUT2D eigenvalue weighted by molar-refractivity contribution is 0.654. The summed E-state index contributed by atoms with van der Waals surface area (Å²) >= 11 is 0. The molecule has 2 aliphatic rings. The molecule has 51 heavy (non-hydrogen) atoms. The van der Waals surface area contributed by atoms with Crippen LogP contribution in [0, 0.1) is 0 Å². The molecule has 2 nitrogen and oxygen atoms in total. The third-order valence-corrected chi connectivity index (χ3v) is 10.8. The van der Waals surface area contributed by atoms with E-state index in [-0.39, 0.29) is 5.41 Å². The molecule has 2 aliphatic carbocycles. The van der Waals surface area contributed by atoms with E-state index in [0.717, 1.165) is 45.3 Å². The zero-order valence-electron chi connectivity index (χ0n) is 29.4. The molecule has 1 heterocycles. The van der Waals surface area contributed by atoms with Crippen molar-refractivity contribution in [1.29, 1.82) is 0 Å². The van der Waals surface area contributed by atoms with Gasteiger partial charge < -0.3 is 9.47 Å². The molecular weight excluding hydrogens is 617 g/mol. The fourth-order valence-corrected chi connectivity index (χ4v) is 8.37. The monoisotopic (exact) mass is 656 g/mol. The van der Waals surface area contributed by atoms with Gasteiger partial charge in [-0.3, -0.25) is 0 Å². The van der Waals surface area contributed by atoms with Crippen molar-refractivity contribution in [2.24, 2.45) is 0 Å². The highest BCUT2D eigenvalue weighted by Gasteiger charge is 2.36. The van der Waals surface area contributed by atoms with Gasteiger partial charge in [-0.2, -0.15) is 0 Å². The van der Waals surface area contributed by atoms with Crippen LogP contribution in [0.4, 0.5) is 17.1 Å². The Morgan fingerprint density at radius 3 is 2.24 bits per heavy atom. The Kier molecular flexibility index (Phi) is 7.29. The molecular formula is C49H40N2. The molecule has 0 unspecified atom stereocenters. The number of hydrogen-bond donors (Lipinski definition) is 0. The number of fused-ring (bicyclic) bond motifs is 6. The van der Waals surface area contributed by atoms with Gasteiger partial charge in [0.2, 0.25) is 0 Å². The summed E-state index contributed by atoms with van der Waals surface area (Å²) in [5.74, 6) is 0. The van der Waals surface area contributed by atoms with Gasteiger partial charge in [0.25, 0.3) is 0 Å². The molecule has 0 bridgehead atoms. The van der Waals surface area contributed by atoms with Gasteiger partial charge in [-0.15, -0.1) is 0 Å². The number of para-hydroxylation sites is 1. The van der Waals surface area contributed by atoms with E-state index < -0.39 is 0 Å². The minimum absolute atomic E-state index is 0.130. The predicted octanol–water partition coefficient (Wildman–Crippen LogP) is 11.7. The van der Waals surface area contributed by atoms with Gasteiger partial charge in [-0.25, -0.2) is 0 Å². The van der Waals surface area contributed by atoms with Crippen molar-refractivity contribution in [1.82, 2.24) is 4.57 Å². The average molecular weight is 657 g/mol. The minimum Gasteiger partial charge on any atom is -0.310 e. The largest absolute Gasteiger partial charge is 0.310 e. The Labute approximate surface area is 299 Å². The maximum atomic E-state index is 4.62. The normalized spacial score (nSPS) is 15.3. The van der Waals surface area contributed by atoms with Crippen LogP contribution in [0.2, 0.25) is 0 Å². The summed E-state index contributed by atoms with van der Waals surface area (Å²) in [6, 6.07) is 44.6. The molecule has 7 aromatic rings. The molecule has 0 spiro atoms. The molecule has 0 N–H and O–H groups in total. The Hall–Kier alpha value is -6.12. The van der Waals surface area contributed by atoms with Crippen molar-refractivity contribution >= 4 is 67.7 Å². The van der Waals surface area contributed by atoms with Crippen LogP contribution in [0.3, 0.4) is 0 Å². The summed E-state index contributed by atoms with van der Waals surface area (Å²) in [4.78, 5) is 2.47. The third kappa shape index (κ3) is 4.86. The van der Waals surface area contributed by atoms with Crippen molar-refractivity contribution in [2.75, 3.05) is 4.90 Å². The minimum atomic E-state index is -0.130. The van der Waals surface area contributed by atoms with Crippen LogP contribution in [-0.4, -0.2) is 4.57 Å². The van der Waals surface area contributed by atoms with Crippen LogP contribution < -0.4 is 15.5 Å². The molecule has 0 saturated carbocycles. The van der Waals surface area contributed by atoms with E-state index in [1.165, 1.54) is 49.2 Å². The highest BCUT2D eigenvalue weighted by atomic mass is 15.1. The molecule has 6 aromatic carbocycles. The van der Waals surface area contributed by atoms with Crippen molar-refractivity contribution < 1.29 is 0 Å². The first-order valence-corrected chi connectivity index (χ1v) is 17.9. The smallest absolute Gasteiger partial charge is 0.0561 e. The van der Waals surface area contributed by atoms with Crippen molar-refractivity contribution in [3.05, 3.63) is 185 Å². The molecule has 0 amide bonds. The second-order valence-corrected chi connectivity index (χ2v) is 14.1. The predicted molar refractivity (Wildman–Crippen MR) is 220 cm³/mol. The third-order valence-electron chi connectivity index (χ3n) is 10.8. The Morgan fingerprint density at radius 2 is 1.41 bits per heavy atom. The van der Waals surface area contributed by atoms with E-state index in [2.05, 4.69) is 201 Å². The van der Waals surface area contributed by atoms with E-state index in [0.29, 0.717) is 0 Å². The van der Waals surface area contributed by atoms with Crippen molar-refractivity contribution in [2.45, 2.75) is 32.6 Å². The van der Waals surface area contributed by atoms with Crippen LogP contribution >= 0.6 is 0 Å². The highest BCUT2D eigenvalue weighted by molar-refractivity contribution is 6.14. The molecule has 0 saturated heterocycles. The van der Waals surface area contributed by atoms with Gasteiger partial charge in [0.05, 0.1) is 11.2 Å². The maximum absolute atomic E-state index is 4.62.